The Hall–Kier alpha value is -2.85. The molecule has 1 aromatic carbocycles. The van der Waals surface area contributed by atoms with Gasteiger partial charge >= 0.3 is 12.1 Å². The van der Waals surface area contributed by atoms with E-state index in [1.54, 1.807) is 34.7 Å². The predicted octanol–water partition coefficient (Wildman–Crippen LogP) is 2.55. The number of hydroxylamine groups is 3. The van der Waals surface area contributed by atoms with Crippen molar-refractivity contribution in [1.82, 2.24) is 20.3 Å². The molecule has 0 radical (unpaired) electrons. The largest absolute Gasteiger partial charge is 0.444 e. The maximum atomic E-state index is 12.7. The lowest BCUT2D eigenvalue weighted by molar-refractivity contribution is -0.161. The summed E-state index contributed by atoms with van der Waals surface area (Å²) < 4.78 is 5.25. The summed E-state index contributed by atoms with van der Waals surface area (Å²) in [5.74, 6) is -0.414. The fourth-order valence-corrected chi connectivity index (χ4v) is 3.05. The minimum Gasteiger partial charge on any atom is -0.444 e. The summed E-state index contributed by atoms with van der Waals surface area (Å²) in [5.41, 5.74) is 2.75. The van der Waals surface area contributed by atoms with Crippen molar-refractivity contribution in [2.45, 2.75) is 52.4 Å². The van der Waals surface area contributed by atoms with E-state index in [2.05, 4.69) is 5.48 Å². The number of rotatable bonds is 9. The highest BCUT2D eigenvalue weighted by atomic mass is 16.7. The molecule has 10 heteroatoms. The standard InChI is InChI=1S/C22H34N4O6/c1-6-25-18(12-13-26(20(25)28)31-16-17-10-8-7-9-11-17)19(27)23-30-15-14-24(5)21(29)32-22(2,3)4/h7-11,18H,6,12-16H2,1-5H3,(H,23,27)/t18-/m0/s1. The van der Waals surface area contributed by atoms with Gasteiger partial charge in [0.25, 0.3) is 5.91 Å². The Kier molecular flexibility index (Phi) is 9.27. The number of nitrogens with one attached hydrogen (secondary N) is 1. The van der Waals surface area contributed by atoms with Crippen LogP contribution in [-0.4, -0.2) is 77.8 Å². The van der Waals surface area contributed by atoms with Gasteiger partial charge < -0.3 is 14.5 Å². The van der Waals surface area contributed by atoms with Crippen LogP contribution in [-0.2, 0) is 25.8 Å². The van der Waals surface area contributed by atoms with E-state index in [1.807, 2.05) is 30.3 Å². The molecule has 2 rings (SSSR count). The van der Waals surface area contributed by atoms with Gasteiger partial charge in [-0.1, -0.05) is 30.3 Å². The van der Waals surface area contributed by atoms with Crippen molar-refractivity contribution in [1.29, 1.82) is 0 Å². The monoisotopic (exact) mass is 450 g/mol. The van der Waals surface area contributed by atoms with Crippen molar-refractivity contribution in [3.63, 3.8) is 0 Å². The minimum atomic E-state index is -0.660. The fourth-order valence-electron chi connectivity index (χ4n) is 3.05. The number of likely N-dealkylation sites (N-methyl/N-ethyl adjacent to an activating group) is 2. The van der Waals surface area contributed by atoms with Crippen LogP contribution in [0.4, 0.5) is 9.59 Å². The van der Waals surface area contributed by atoms with Gasteiger partial charge in [-0.3, -0.25) is 14.5 Å². The first-order valence-corrected chi connectivity index (χ1v) is 10.7. The number of amides is 4. The van der Waals surface area contributed by atoms with Crippen LogP contribution in [0.2, 0.25) is 0 Å². The molecule has 32 heavy (non-hydrogen) atoms. The van der Waals surface area contributed by atoms with Crippen LogP contribution in [0.15, 0.2) is 30.3 Å². The Balaban J connectivity index is 1.77. The second kappa shape index (κ2) is 11.7. The fraction of sp³-hybridized carbons (Fsp3) is 0.591. The molecule has 1 atom stereocenters. The van der Waals surface area contributed by atoms with Crippen LogP contribution >= 0.6 is 0 Å². The molecule has 178 valence electrons. The quantitative estimate of drug-likeness (QED) is 0.458. The highest BCUT2D eigenvalue weighted by Crippen LogP contribution is 2.18. The molecule has 0 aromatic heterocycles. The summed E-state index contributed by atoms with van der Waals surface area (Å²) in [6.07, 6.45) is -0.0699. The normalized spacial score (nSPS) is 16.7. The molecule has 0 bridgehead atoms. The summed E-state index contributed by atoms with van der Waals surface area (Å²) in [6, 6.07) is 8.53. The van der Waals surface area contributed by atoms with Gasteiger partial charge in [0.1, 0.15) is 18.2 Å². The van der Waals surface area contributed by atoms with E-state index in [1.165, 1.54) is 14.9 Å². The summed E-state index contributed by atoms with van der Waals surface area (Å²) in [6.45, 7) is 8.39. The van der Waals surface area contributed by atoms with E-state index >= 15 is 0 Å². The van der Waals surface area contributed by atoms with Gasteiger partial charge in [-0.15, -0.1) is 0 Å². The highest BCUT2D eigenvalue weighted by molar-refractivity contribution is 5.87. The lowest BCUT2D eigenvalue weighted by atomic mass is 10.1. The topological polar surface area (TPSA) is 101 Å². The molecule has 0 unspecified atom stereocenters. The minimum absolute atomic E-state index is 0.0839. The van der Waals surface area contributed by atoms with Gasteiger partial charge in [0.15, 0.2) is 0 Å². The van der Waals surface area contributed by atoms with Crippen LogP contribution in [0.1, 0.15) is 39.7 Å². The Morgan fingerprint density at radius 3 is 2.53 bits per heavy atom. The molecule has 1 saturated heterocycles. The Morgan fingerprint density at radius 2 is 1.91 bits per heavy atom. The molecule has 4 amide bonds. The van der Waals surface area contributed by atoms with Crippen LogP contribution in [0, 0.1) is 0 Å². The molecule has 0 spiro atoms. The third-order valence-electron chi connectivity index (χ3n) is 4.72. The van der Waals surface area contributed by atoms with E-state index in [4.69, 9.17) is 14.4 Å². The zero-order valence-corrected chi connectivity index (χ0v) is 19.5. The second-order valence-electron chi connectivity index (χ2n) is 8.45. The number of hydrogen-bond donors (Lipinski definition) is 1. The summed E-state index contributed by atoms with van der Waals surface area (Å²) >= 11 is 0. The third-order valence-corrected chi connectivity index (χ3v) is 4.72. The van der Waals surface area contributed by atoms with Crippen molar-refractivity contribution in [2.24, 2.45) is 0 Å². The molecule has 1 aromatic rings. The molecular formula is C22H34N4O6. The average Bonchev–Trinajstić information content (AvgIpc) is 2.74. The second-order valence-corrected chi connectivity index (χ2v) is 8.45. The Labute approximate surface area is 189 Å². The van der Waals surface area contributed by atoms with Gasteiger partial charge in [0.05, 0.1) is 13.2 Å². The number of nitrogens with zero attached hydrogens (tertiary/aromatic N) is 3. The van der Waals surface area contributed by atoms with Crippen LogP contribution in [0.5, 0.6) is 0 Å². The van der Waals surface area contributed by atoms with Crippen molar-refractivity contribution >= 4 is 18.0 Å². The number of carbonyl (C=O) groups is 3. The molecule has 1 aliphatic heterocycles. The molecule has 1 N–H and O–H groups in total. The van der Waals surface area contributed by atoms with E-state index in [9.17, 15) is 14.4 Å². The number of carbonyl (C=O) groups excluding carboxylic acids is 3. The summed E-state index contributed by atoms with van der Waals surface area (Å²) in [4.78, 5) is 50.9. The number of hydrogen-bond acceptors (Lipinski definition) is 6. The number of benzene rings is 1. The predicted molar refractivity (Wildman–Crippen MR) is 117 cm³/mol. The van der Waals surface area contributed by atoms with Crippen molar-refractivity contribution in [3.05, 3.63) is 35.9 Å². The van der Waals surface area contributed by atoms with Gasteiger partial charge in [-0.05, 0) is 39.7 Å². The first-order chi connectivity index (χ1) is 15.1. The Bertz CT molecular complexity index is 767. The molecular weight excluding hydrogens is 416 g/mol. The summed E-state index contributed by atoms with van der Waals surface area (Å²) in [7, 11) is 1.59. The average molecular weight is 451 g/mol. The molecule has 0 saturated carbocycles. The van der Waals surface area contributed by atoms with Crippen LogP contribution < -0.4 is 5.48 Å². The van der Waals surface area contributed by atoms with Crippen LogP contribution in [0.3, 0.4) is 0 Å². The van der Waals surface area contributed by atoms with Gasteiger partial charge in [0, 0.05) is 20.1 Å². The van der Waals surface area contributed by atoms with E-state index in [0.29, 0.717) is 19.5 Å². The van der Waals surface area contributed by atoms with Crippen molar-refractivity contribution in [3.8, 4) is 0 Å². The number of urea groups is 1. The SMILES string of the molecule is CCN1C(=O)N(OCc2ccccc2)CC[C@H]1C(=O)NOCCN(C)C(=O)OC(C)(C)C. The molecule has 1 aliphatic rings. The maximum absolute atomic E-state index is 12.7. The van der Waals surface area contributed by atoms with Gasteiger partial charge in [0.2, 0.25) is 0 Å². The van der Waals surface area contributed by atoms with Gasteiger partial charge in [-0.25, -0.2) is 20.1 Å². The molecule has 10 nitrogen and oxygen atoms in total. The summed E-state index contributed by atoms with van der Waals surface area (Å²) in [5, 5.41) is 1.29. The van der Waals surface area contributed by atoms with Crippen molar-refractivity contribution in [2.75, 3.05) is 33.3 Å². The van der Waals surface area contributed by atoms with E-state index in [0.717, 1.165) is 5.56 Å². The molecule has 1 fully saturated rings. The van der Waals surface area contributed by atoms with Crippen molar-refractivity contribution < 1.29 is 28.8 Å². The highest BCUT2D eigenvalue weighted by Gasteiger charge is 2.37. The Morgan fingerprint density at radius 1 is 1.22 bits per heavy atom. The lowest BCUT2D eigenvalue weighted by Crippen LogP contribution is -2.58. The zero-order chi connectivity index (χ0) is 23.7. The first kappa shape index (κ1) is 25.4. The van der Waals surface area contributed by atoms with Gasteiger partial charge in [-0.2, -0.15) is 0 Å². The van der Waals surface area contributed by atoms with E-state index < -0.39 is 23.6 Å². The first-order valence-electron chi connectivity index (χ1n) is 10.7. The van der Waals surface area contributed by atoms with Crippen LogP contribution in [0.25, 0.3) is 0 Å². The number of ether oxygens (including phenoxy) is 1. The third kappa shape index (κ3) is 7.69. The molecule has 1 heterocycles. The smallest absolute Gasteiger partial charge is 0.410 e. The molecule has 0 aliphatic carbocycles. The maximum Gasteiger partial charge on any atom is 0.410 e. The lowest BCUT2D eigenvalue weighted by Gasteiger charge is -2.39. The van der Waals surface area contributed by atoms with E-state index in [-0.39, 0.29) is 25.8 Å². The zero-order valence-electron chi connectivity index (χ0n) is 19.5.